The molecule has 2 aliphatic heterocycles. The zero-order valence-corrected chi connectivity index (χ0v) is 15.7. The van der Waals surface area contributed by atoms with Crippen LogP contribution in [0.15, 0.2) is 41.7 Å². The highest BCUT2D eigenvalue weighted by molar-refractivity contribution is 6.19. The number of carbonyl (C=O) groups is 2. The van der Waals surface area contributed by atoms with Gasteiger partial charge in [0.15, 0.2) is 17.6 Å². The number of hydrogen-bond donors (Lipinski definition) is 1. The third-order valence-electron chi connectivity index (χ3n) is 5.20. The van der Waals surface area contributed by atoms with Gasteiger partial charge >= 0.3 is 5.97 Å². The first kappa shape index (κ1) is 19.6. The van der Waals surface area contributed by atoms with E-state index in [0.29, 0.717) is 6.42 Å². The Hall–Kier alpha value is -2.18. The van der Waals surface area contributed by atoms with Crippen LogP contribution in [0.2, 0.25) is 0 Å². The third kappa shape index (κ3) is 4.96. The molecule has 2 unspecified atom stereocenters. The number of carbonyl (C=O) groups excluding carboxylic acids is 2. The zero-order valence-electron chi connectivity index (χ0n) is 15.7. The van der Waals surface area contributed by atoms with E-state index >= 15 is 0 Å². The molecule has 0 radical (unpaired) electrons. The number of ether oxygens (including phenoxy) is 2. The summed E-state index contributed by atoms with van der Waals surface area (Å²) in [6.07, 6.45) is 0.757. The predicted molar refractivity (Wildman–Crippen MR) is 101 cm³/mol. The summed E-state index contributed by atoms with van der Waals surface area (Å²) in [5.41, 5.74) is 0.855. The Kier molecular flexibility index (Phi) is 6.63. The van der Waals surface area contributed by atoms with Crippen molar-refractivity contribution in [2.75, 3.05) is 32.8 Å². The van der Waals surface area contributed by atoms with Crippen molar-refractivity contribution in [3.63, 3.8) is 0 Å². The second-order valence-electron chi connectivity index (χ2n) is 7.19. The lowest BCUT2D eigenvalue weighted by atomic mass is 9.92. The van der Waals surface area contributed by atoms with Gasteiger partial charge in [-0.25, -0.2) is 4.79 Å². The lowest BCUT2D eigenvalue weighted by Gasteiger charge is -2.26. The van der Waals surface area contributed by atoms with Crippen molar-refractivity contribution >= 4 is 11.8 Å². The Morgan fingerprint density at radius 2 is 1.96 bits per heavy atom. The van der Waals surface area contributed by atoms with E-state index in [-0.39, 0.29) is 29.5 Å². The molecule has 2 aliphatic rings. The monoisotopic (exact) mass is 373 g/mol. The molecule has 2 atom stereocenters. The van der Waals surface area contributed by atoms with E-state index in [0.717, 1.165) is 44.8 Å². The summed E-state index contributed by atoms with van der Waals surface area (Å²) in [5, 5.41) is 10.4. The minimum Gasteiger partial charge on any atom is -0.507 e. The summed E-state index contributed by atoms with van der Waals surface area (Å²) in [6.45, 7) is 6.06. The average Bonchev–Trinajstić information content (AvgIpc) is 2.96. The minimum atomic E-state index is -0.704. The van der Waals surface area contributed by atoms with Crippen LogP contribution in [0.25, 0.3) is 0 Å². The highest BCUT2D eigenvalue weighted by atomic mass is 16.6. The van der Waals surface area contributed by atoms with Crippen LogP contribution in [-0.4, -0.2) is 60.7 Å². The van der Waals surface area contributed by atoms with Gasteiger partial charge < -0.3 is 14.6 Å². The Balaban J connectivity index is 1.55. The van der Waals surface area contributed by atoms with E-state index in [1.807, 2.05) is 37.3 Å². The molecule has 6 nitrogen and oxygen atoms in total. The fourth-order valence-electron chi connectivity index (χ4n) is 3.57. The molecule has 27 heavy (non-hydrogen) atoms. The number of aliphatic hydroxyl groups excluding tert-OH is 1. The number of aliphatic hydroxyl groups is 1. The van der Waals surface area contributed by atoms with Gasteiger partial charge in [-0.2, -0.15) is 0 Å². The maximum Gasteiger partial charge on any atom is 0.346 e. The number of rotatable bonds is 8. The number of hydrogen-bond acceptors (Lipinski definition) is 6. The summed E-state index contributed by atoms with van der Waals surface area (Å²) >= 11 is 0. The predicted octanol–water partition coefficient (Wildman–Crippen LogP) is 2.60. The maximum atomic E-state index is 12.6. The van der Waals surface area contributed by atoms with E-state index in [9.17, 15) is 14.7 Å². The van der Waals surface area contributed by atoms with Gasteiger partial charge in [0.25, 0.3) is 0 Å². The minimum absolute atomic E-state index is 0.0350. The Bertz CT molecular complexity index is 694. The molecule has 3 rings (SSSR count). The molecular weight excluding hydrogens is 346 g/mol. The van der Waals surface area contributed by atoms with Crippen LogP contribution in [0.4, 0.5) is 0 Å². The Morgan fingerprint density at radius 1 is 1.26 bits per heavy atom. The third-order valence-corrected chi connectivity index (χ3v) is 5.20. The lowest BCUT2D eigenvalue weighted by molar-refractivity contribution is -0.141. The van der Waals surface area contributed by atoms with Gasteiger partial charge in [-0.15, -0.1) is 0 Å². The molecule has 0 aromatic heterocycles. The topological polar surface area (TPSA) is 76.1 Å². The SMILES string of the molecule is CC(CC(=O)C1=C(O)C(CCCN2CCOCC2)OC1=O)c1ccccc1. The van der Waals surface area contributed by atoms with Crippen molar-refractivity contribution in [1.29, 1.82) is 0 Å². The van der Waals surface area contributed by atoms with Gasteiger partial charge in [-0.05, 0) is 30.9 Å². The molecule has 6 heteroatoms. The Morgan fingerprint density at radius 3 is 2.67 bits per heavy atom. The van der Waals surface area contributed by atoms with E-state index in [1.54, 1.807) is 0 Å². The highest BCUT2D eigenvalue weighted by Crippen LogP contribution is 2.28. The molecule has 0 bridgehead atoms. The molecule has 0 spiro atoms. The van der Waals surface area contributed by atoms with Crippen molar-refractivity contribution in [2.45, 2.75) is 38.2 Å². The number of ketones is 1. The summed E-state index contributed by atoms with van der Waals surface area (Å²) < 4.78 is 10.6. The van der Waals surface area contributed by atoms with Gasteiger partial charge in [0.05, 0.1) is 13.2 Å². The average molecular weight is 373 g/mol. The summed E-state index contributed by atoms with van der Waals surface area (Å²) in [5.74, 6) is -1.29. The van der Waals surface area contributed by atoms with Crippen molar-refractivity contribution in [2.24, 2.45) is 0 Å². The summed E-state index contributed by atoms with van der Waals surface area (Å²) in [4.78, 5) is 27.0. The van der Waals surface area contributed by atoms with E-state index in [1.165, 1.54) is 0 Å². The van der Waals surface area contributed by atoms with E-state index in [2.05, 4.69) is 4.90 Å². The van der Waals surface area contributed by atoms with Crippen LogP contribution in [0.3, 0.4) is 0 Å². The van der Waals surface area contributed by atoms with Crippen LogP contribution in [-0.2, 0) is 19.1 Å². The lowest BCUT2D eigenvalue weighted by Crippen LogP contribution is -2.37. The number of benzene rings is 1. The fraction of sp³-hybridized carbons (Fsp3) is 0.524. The molecule has 0 amide bonds. The first-order valence-corrected chi connectivity index (χ1v) is 9.58. The number of Topliss-reactive ketones (excluding diaryl/α,β-unsaturated/α-hetero) is 1. The smallest absolute Gasteiger partial charge is 0.346 e. The summed E-state index contributed by atoms with van der Waals surface area (Å²) in [7, 11) is 0. The van der Waals surface area contributed by atoms with Crippen LogP contribution < -0.4 is 0 Å². The highest BCUT2D eigenvalue weighted by Gasteiger charge is 2.38. The molecule has 0 saturated carbocycles. The van der Waals surface area contributed by atoms with Crippen LogP contribution in [0.1, 0.15) is 37.7 Å². The summed E-state index contributed by atoms with van der Waals surface area (Å²) in [6, 6.07) is 9.66. The second-order valence-corrected chi connectivity index (χ2v) is 7.19. The van der Waals surface area contributed by atoms with Gasteiger partial charge in [-0.1, -0.05) is 37.3 Å². The molecule has 0 aliphatic carbocycles. The molecule has 1 aromatic rings. The van der Waals surface area contributed by atoms with Gasteiger partial charge in [0.1, 0.15) is 5.57 Å². The fourth-order valence-corrected chi connectivity index (χ4v) is 3.57. The van der Waals surface area contributed by atoms with Gasteiger partial charge in [-0.3, -0.25) is 9.69 Å². The van der Waals surface area contributed by atoms with Gasteiger partial charge in [0, 0.05) is 19.5 Å². The van der Waals surface area contributed by atoms with Crippen LogP contribution in [0, 0.1) is 0 Å². The second kappa shape index (κ2) is 9.15. The van der Waals surface area contributed by atoms with Crippen molar-refractivity contribution < 1.29 is 24.2 Å². The van der Waals surface area contributed by atoms with E-state index in [4.69, 9.17) is 9.47 Å². The van der Waals surface area contributed by atoms with Gasteiger partial charge in [0.2, 0.25) is 0 Å². The molecule has 146 valence electrons. The van der Waals surface area contributed by atoms with Crippen LogP contribution >= 0.6 is 0 Å². The number of morpholine rings is 1. The largest absolute Gasteiger partial charge is 0.507 e. The molecule has 1 aromatic carbocycles. The van der Waals surface area contributed by atoms with E-state index < -0.39 is 12.1 Å². The number of esters is 1. The first-order valence-electron chi connectivity index (χ1n) is 9.58. The number of cyclic esters (lactones) is 1. The molecule has 2 heterocycles. The Labute approximate surface area is 159 Å². The molecule has 1 saturated heterocycles. The first-order chi connectivity index (χ1) is 13.1. The normalized spacial score (nSPS) is 22.0. The van der Waals surface area contributed by atoms with Crippen molar-refractivity contribution in [1.82, 2.24) is 4.90 Å². The quantitative estimate of drug-likeness (QED) is 0.558. The van der Waals surface area contributed by atoms with Crippen molar-refractivity contribution in [3.05, 3.63) is 47.2 Å². The molecule has 1 fully saturated rings. The van der Waals surface area contributed by atoms with Crippen LogP contribution in [0.5, 0.6) is 0 Å². The standard InChI is InChI=1S/C21H27NO5/c1-15(16-6-3-2-4-7-16)14-17(23)19-20(24)18(27-21(19)25)8-5-9-22-10-12-26-13-11-22/h2-4,6-7,15,18,24H,5,8-14H2,1H3. The molecule has 1 N–H and O–H groups in total. The zero-order chi connectivity index (χ0) is 19.2. The van der Waals surface area contributed by atoms with Crippen molar-refractivity contribution in [3.8, 4) is 0 Å². The maximum absolute atomic E-state index is 12.6. The molecular formula is C21H27NO5. The number of nitrogens with zero attached hydrogens (tertiary/aromatic N) is 1.